The lowest BCUT2D eigenvalue weighted by Gasteiger charge is -2.25. The first-order valence-electron chi connectivity index (χ1n) is 8.03. The minimum absolute atomic E-state index is 0.237. The van der Waals surface area contributed by atoms with Gasteiger partial charge >= 0.3 is 0 Å². The number of amides is 1. The minimum atomic E-state index is -0.305. The highest BCUT2D eigenvalue weighted by Gasteiger charge is 2.32. The quantitative estimate of drug-likeness (QED) is 0.943. The Bertz CT molecular complexity index is 657. The van der Waals surface area contributed by atoms with Crippen LogP contribution in [0.4, 0.5) is 0 Å². The molecule has 1 N–H and O–H groups in total. The van der Waals surface area contributed by atoms with Crippen molar-refractivity contribution >= 4 is 5.91 Å². The van der Waals surface area contributed by atoms with Gasteiger partial charge in [0.15, 0.2) is 0 Å². The Labute approximate surface area is 136 Å². The number of nitrogens with zero attached hydrogens (tertiary/aromatic N) is 4. The van der Waals surface area contributed by atoms with Gasteiger partial charge in [-0.05, 0) is 24.8 Å². The fourth-order valence-electron chi connectivity index (χ4n) is 2.95. The Hall–Kier alpha value is -2.24. The summed E-state index contributed by atoms with van der Waals surface area (Å²) < 4.78 is 0. The van der Waals surface area contributed by atoms with E-state index in [1.807, 2.05) is 37.9 Å². The smallest absolute Gasteiger partial charge is 0.227 e. The van der Waals surface area contributed by atoms with Gasteiger partial charge in [0.1, 0.15) is 5.69 Å². The molecule has 122 valence electrons. The van der Waals surface area contributed by atoms with Crippen molar-refractivity contribution in [2.75, 3.05) is 13.1 Å². The number of nitrogens with one attached hydrogen (secondary N) is 1. The average molecular weight is 313 g/mol. The molecule has 0 aromatic carbocycles. The zero-order valence-corrected chi connectivity index (χ0v) is 13.9. The van der Waals surface area contributed by atoms with Crippen LogP contribution in [0.3, 0.4) is 0 Å². The lowest BCUT2D eigenvalue weighted by atomic mass is 9.95. The molecule has 3 heterocycles. The first kappa shape index (κ1) is 15.6. The number of hydrogen-bond donors (Lipinski definition) is 1. The van der Waals surface area contributed by atoms with Crippen LogP contribution in [-0.2, 0) is 11.2 Å². The molecule has 6 nitrogen and oxygen atoms in total. The number of aromatic amines is 1. The Kier molecular flexibility index (Phi) is 4.15. The molecule has 0 spiro atoms. The van der Waals surface area contributed by atoms with E-state index in [-0.39, 0.29) is 11.3 Å². The number of rotatable bonds is 3. The highest BCUT2D eigenvalue weighted by molar-refractivity contribution is 5.81. The number of hydrogen-bond acceptors (Lipinski definition) is 4. The van der Waals surface area contributed by atoms with E-state index in [2.05, 4.69) is 20.2 Å². The van der Waals surface area contributed by atoms with Crippen molar-refractivity contribution in [3.8, 4) is 11.4 Å². The fraction of sp³-hybridized carbons (Fsp3) is 0.529. The van der Waals surface area contributed by atoms with Crippen molar-refractivity contribution in [1.82, 2.24) is 25.1 Å². The summed E-state index contributed by atoms with van der Waals surface area (Å²) >= 11 is 0. The Balaban J connectivity index is 1.59. The normalized spacial score (nSPS) is 18.4. The number of H-pyrrole nitrogens is 1. The highest BCUT2D eigenvalue weighted by atomic mass is 16.2. The molecule has 0 bridgehead atoms. The molecule has 1 aliphatic rings. The van der Waals surface area contributed by atoms with Gasteiger partial charge in [-0.25, -0.2) is 0 Å². The third kappa shape index (κ3) is 3.57. The van der Waals surface area contributed by atoms with Gasteiger partial charge in [-0.2, -0.15) is 5.10 Å². The van der Waals surface area contributed by atoms with Crippen molar-refractivity contribution in [3.63, 3.8) is 0 Å². The van der Waals surface area contributed by atoms with Crippen LogP contribution in [0.15, 0.2) is 24.7 Å². The predicted octanol–water partition coefficient (Wildman–Crippen LogP) is 2.30. The van der Waals surface area contributed by atoms with Gasteiger partial charge in [0.25, 0.3) is 0 Å². The van der Waals surface area contributed by atoms with Crippen molar-refractivity contribution < 1.29 is 4.79 Å². The molecule has 1 fully saturated rings. The van der Waals surface area contributed by atoms with Gasteiger partial charge in [-0.15, -0.1) is 0 Å². The van der Waals surface area contributed by atoms with Crippen LogP contribution in [0.5, 0.6) is 0 Å². The highest BCUT2D eigenvalue weighted by Crippen LogP contribution is 2.25. The van der Waals surface area contributed by atoms with Crippen LogP contribution in [0.1, 0.15) is 32.9 Å². The molecule has 23 heavy (non-hydrogen) atoms. The predicted molar refractivity (Wildman–Crippen MR) is 87.5 cm³/mol. The van der Waals surface area contributed by atoms with Crippen LogP contribution in [0.25, 0.3) is 11.4 Å². The van der Waals surface area contributed by atoms with Gasteiger partial charge in [-0.3, -0.25) is 19.9 Å². The first-order chi connectivity index (χ1) is 10.9. The number of likely N-dealkylation sites (tertiary alicyclic amines) is 1. The summed E-state index contributed by atoms with van der Waals surface area (Å²) in [5.41, 5.74) is 2.33. The SMILES string of the molecule is CC(C)(C)C(=O)N1CC[C@@H](Cc2cnc(-c3ccn[nH]3)cn2)C1. The largest absolute Gasteiger partial charge is 0.342 e. The average Bonchev–Trinajstić information content (AvgIpc) is 3.17. The van der Waals surface area contributed by atoms with Crippen molar-refractivity contribution in [1.29, 1.82) is 0 Å². The molecule has 2 aromatic rings. The molecule has 1 atom stereocenters. The minimum Gasteiger partial charge on any atom is -0.342 e. The van der Waals surface area contributed by atoms with Crippen molar-refractivity contribution in [2.24, 2.45) is 11.3 Å². The zero-order chi connectivity index (χ0) is 16.4. The molecule has 1 aliphatic heterocycles. The summed E-state index contributed by atoms with van der Waals surface area (Å²) in [4.78, 5) is 23.3. The van der Waals surface area contributed by atoms with E-state index in [1.165, 1.54) is 0 Å². The van der Waals surface area contributed by atoms with E-state index >= 15 is 0 Å². The van der Waals surface area contributed by atoms with E-state index in [9.17, 15) is 4.79 Å². The molecule has 0 aliphatic carbocycles. The summed E-state index contributed by atoms with van der Waals surface area (Å²) in [5.74, 6) is 0.703. The topological polar surface area (TPSA) is 74.8 Å². The van der Waals surface area contributed by atoms with Crippen LogP contribution < -0.4 is 0 Å². The molecule has 1 amide bonds. The summed E-state index contributed by atoms with van der Waals surface area (Å²) in [5, 5.41) is 6.80. The maximum Gasteiger partial charge on any atom is 0.227 e. The van der Waals surface area contributed by atoms with E-state index < -0.39 is 0 Å². The first-order valence-corrected chi connectivity index (χ1v) is 8.03. The third-order valence-corrected chi connectivity index (χ3v) is 4.19. The maximum atomic E-state index is 12.3. The summed E-state index contributed by atoms with van der Waals surface area (Å²) in [6, 6.07) is 1.87. The van der Waals surface area contributed by atoms with Gasteiger partial charge in [-0.1, -0.05) is 20.8 Å². The molecule has 2 aromatic heterocycles. The summed E-state index contributed by atoms with van der Waals surface area (Å²) in [6.07, 6.45) is 7.19. The second kappa shape index (κ2) is 6.10. The molecule has 6 heteroatoms. The molecular formula is C17H23N5O. The monoisotopic (exact) mass is 313 g/mol. The number of aromatic nitrogens is 4. The standard InChI is InChI=1S/C17H23N5O/c1-17(2,3)16(23)22-7-5-12(11-22)8-13-9-19-15(10-18-13)14-4-6-20-21-14/h4,6,9-10,12H,5,7-8,11H2,1-3H3,(H,20,21)/t12-/m0/s1. The number of carbonyl (C=O) groups is 1. The van der Waals surface area contributed by atoms with Gasteiger partial charge in [0.05, 0.1) is 17.6 Å². The van der Waals surface area contributed by atoms with Gasteiger partial charge in [0.2, 0.25) is 5.91 Å². The third-order valence-electron chi connectivity index (χ3n) is 4.19. The number of carbonyl (C=O) groups excluding carboxylic acids is 1. The second-order valence-corrected chi connectivity index (χ2v) is 7.22. The van der Waals surface area contributed by atoms with E-state index in [4.69, 9.17) is 0 Å². The lowest BCUT2D eigenvalue weighted by Crippen LogP contribution is -2.38. The summed E-state index contributed by atoms with van der Waals surface area (Å²) in [7, 11) is 0. The van der Waals surface area contributed by atoms with E-state index in [0.717, 1.165) is 43.0 Å². The molecule has 0 unspecified atom stereocenters. The van der Waals surface area contributed by atoms with Crippen LogP contribution in [0, 0.1) is 11.3 Å². The molecular weight excluding hydrogens is 290 g/mol. The Morgan fingerprint density at radius 2 is 2.17 bits per heavy atom. The fourth-order valence-corrected chi connectivity index (χ4v) is 2.95. The van der Waals surface area contributed by atoms with Crippen molar-refractivity contribution in [3.05, 3.63) is 30.4 Å². The molecule has 3 rings (SSSR count). The van der Waals surface area contributed by atoms with E-state index in [1.54, 1.807) is 12.4 Å². The lowest BCUT2D eigenvalue weighted by molar-refractivity contribution is -0.138. The van der Waals surface area contributed by atoms with Crippen LogP contribution >= 0.6 is 0 Å². The molecule has 1 saturated heterocycles. The zero-order valence-electron chi connectivity index (χ0n) is 13.9. The maximum absolute atomic E-state index is 12.3. The van der Waals surface area contributed by atoms with Crippen LogP contribution in [-0.4, -0.2) is 44.1 Å². The second-order valence-electron chi connectivity index (χ2n) is 7.22. The van der Waals surface area contributed by atoms with Crippen molar-refractivity contribution in [2.45, 2.75) is 33.6 Å². The molecule has 0 radical (unpaired) electrons. The Morgan fingerprint density at radius 1 is 1.35 bits per heavy atom. The Morgan fingerprint density at radius 3 is 2.78 bits per heavy atom. The van der Waals surface area contributed by atoms with Crippen LogP contribution in [0.2, 0.25) is 0 Å². The summed E-state index contributed by atoms with van der Waals surface area (Å²) in [6.45, 7) is 7.59. The van der Waals surface area contributed by atoms with Gasteiger partial charge in [0, 0.05) is 30.9 Å². The van der Waals surface area contributed by atoms with Gasteiger partial charge < -0.3 is 4.90 Å². The van der Waals surface area contributed by atoms with E-state index in [0.29, 0.717) is 5.92 Å². The molecule has 0 saturated carbocycles.